The highest BCUT2D eigenvalue weighted by Gasteiger charge is 2.46. The van der Waals surface area contributed by atoms with Crippen molar-refractivity contribution in [2.45, 2.75) is 6.04 Å². The zero-order valence-electron chi connectivity index (χ0n) is 15.5. The highest BCUT2D eigenvalue weighted by Crippen LogP contribution is 2.40. The van der Waals surface area contributed by atoms with Crippen LogP contribution in [0.15, 0.2) is 57.2 Å². The number of nitrogens with two attached hydrogens (primary N) is 1. The first-order valence-corrected chi connectivity index (χ1v) is 10.4. The van der Waals surface area contributed by atoms with Crippen molar-refractivity contribution in [1.29, 1.82) is 0 Å². The van der Waals surface area contributed by atoms with Gasteiger partial charge in [-0.05, 0) is 46.3 Å². The molecule has 158 valence electrons. The minimum Gasteiger partial charge on any atom is -0.396 e. The number of hydrogen-bond donors (Lipinski definition) is 1. The van der Waals surface area contributed by atoms with E-state index in [0.717, 1.165) is 17.0 Å². The number of nitrogens with zero attached hydrogens (tertiary/aromatic N) is 2. The molecule has 1 atom stereocenters. The van der Waals surface area contributed by atoms with E-state index in [1.54, 1.807) is 12.1 Å². The number of fused-ring (bicyclic) bond motifs is 1. The second kappa shape index (κ2) is 8.18. The summed E-state index contributed by atoms with van der Waals surface area (Å²) in [5.74, 6) is -4.00. The molecule has 2 aromatic carbocycles. The van der Waals surface area contributed by atoms with Crippen LogP contribution in [-0.2, 0) is 0 Å². The van der Waals surface area contributed by atoms with Gasteiger partial charge in [0, 0.05) is 16.3 Å². The number of carbonyl (C=O) groups is 2. The Labute approximate surface area is 194 Å². The van der Waals surface area contributed by atoms with Crippen LogP contribution in [-0.4, -0.2) is 35.4 Å². The molecule has 1 amide bonds. The van der Waals surface area contributed by atoms with Gasteiger partial charge >= 0.3 is 0 Å². The molecule has 0 bridgehead atoms. The van der Waals surface area contributed by atoms with Crippen molar-refractivity contribution < 1.29 is 18.4 Å². The maximum absolute atomic E-state index is 14.6. The van der Waals surface area contributed by atoms with Gasteiger partial charge in [-0.2, -0.15) is 0 Å². The van der Waals surface area contributed by atoms with Crippen LogP contribution < -0.4 is 5.73 Å². The van der Waals surface area contributed by atoms with Crippen LogP contribution in [0.2, 0.25) is 10.0 Å². The first-order valence-electron chi connectivity index (χ1n) is 8.89. The number of allylic oxidation sites excluding steroid dienone is 2. The number of hydrogen-bond acceptors (Lipinski definition) is 4. The fourth-order valence-corrected chi connectivity index (χ4v) is 4.45. The van der Waals surface area contributed by atoms with E-state index in [-0.39, 0.29) is 33.5 Å². The molecule has 5 nitrogen and oxygen atoms in total. The van der Waals surface area contributed by atoms with Crippen molar-refractivity contribution in [2.24, 2.45) is 4.99 Å². The molecule has 0 saturated carbocycles. The molecule has 4 rings (SSSR count). The normalized spacial score (nSPS) is 17.6. The smallest absolute Gasteiger partial charge is 0.262 e. The molecule has 0 aliphatic carbocycles. The molecule has 0 radical (unpaired) electrons. The number of rotatable bonds is 3. The van der Waals surface area contributed by atoms with E-state index in [0.29, 0.717) is 10.1 Å². The summed E-state index contributed by atoms with van der Waals surface area (Å²) >= 11 is 15.6. The number of nitrogen functional groups attached to an aromatic ring is 1. The lowest BCUT2D eigenvalue weighted by atomic mass is 9.87. The number of ketones is 1. The standard InChI is InChI=1S/C21H12BrCl2F2N3O2/c22-9-6-10-15(8-28-7-9)29(21(31)16-11(23)2-1-3-12(16)24)19(10)20(30)17-13(25)4-5-14(27)18(17)26/h1-7,15H,8,27H2. The predicted octanol–water partition coefficient (Wildman–Crippen LogP) is 5.18. The molecule has 31 heavy (non-hydrogen) atoms. The fraction of sp³-hybridized carbons (Fsp3) is 0.0952. The largest absolute Gasteiger partial charge is 0.396 e. The molecule has 10 heteroatoms. The van der Waals surface area contributed by atoms with Crippen molar-refractivity contribution >= 4 is 62.7 Å². The van der Waals surface area contributed by atoms with Crippen LogP contribution in [0.5, 0.6) is 0 Å². The Hall–Kier alpha value is -2.55. The predicted molar refractivity (Wildman–Crippen MR) is 119 cm³/mol. The number of aliphatic imine (C=N–C) groups is 1. The van der Waals surface area contributed by atoms with Gasteiger partial charge in [0.15, 0.2) is 5.82 Å². The lowest BCUT2D eigenvalue weighted by Crippen LogP contribution is -2.53. The summed E-state index contributed by atoms with van der Waals surface area (Å²) in [6, 6.07) is 5.80. The molecule has 0 spiro atoms. The molecule has 1 unspecified atom stereocenters. The van der Waals surface area contributed by atoms with Gasteiger partial charge in [0.25, 0.3) is 5.91 Å². The van der Waals surface area contributed by atoms with Gasteiger partial charge < -0.3 is 5.73 Å². The van der Waals surface area contributed by atoms with Gasteiger partial charge in [-0.1, -0.05) is 29.3 Å². The quantitative estimate of drug-likeness (QED) is 0.442. The molecule has 2 aliphatic rings. The summed E-state index contributed by atoms with van der Waals surface area (Å²) in [7, 11) is 0. The average Bonchev–Trinajstić information content (AvgIpc) is 2.85. The molecule has 2 N–H and O–H groups in total. The highest BCUT2D eigenvalue weighted by molar-refractivity contribution is 9.12. The van der Waals surface area contributed by atoms with Gasteiger partial charge in [-0.25, -0.2) is 8.78 Å². The van der Waals surface area contributed by atoms with Crippen LogP contribution >= 0.6 is 39.1 Å². The number of halogens is 5. The third kappa shape index (κ3) is 3.58. The van der Waals surface area contributed by atoms with E-state index in [1.165, 1.54) is 18.3 Å². The lowest BCUT2D eigenvalue weighted by Gasteiger charge is -2.43. The van der Waals surface area contributed by atoms with Crippen molar-refractivity contribution in [2.75, 3.05) is 12.3 Å². The number of benzene rings is 2. The van der Waals surface area contributed by atoms with E-state index in [4.69, 9.17) is 28.9 Å². The maximum Gasteiger partial charge on any atom is 0.262 e. The van der Waals surface area contributed by atoms with Crippen LogP contribution in [0.25, 0.3) is 0 Å². The zero-order chi connectivity index (χ0) is 22.4. The molecule has 0 saturated heterocycles. The first-order chi connectivity index (χ1) is 14.7. The molecule has 2 heterocycles. The van der Waals surface area contributed by atoms with E-state index < -0.39 is 34.9 Å². The Balaban J connectivity index is 1.89. The SMILES string of the molecule is Nc1ccc(F)c(C(=O)C2=C3C=C(Br)C=NCC3N2C(=O)c2c(Cl)cccc2Cl)c1F. The second-order valence-electron chi connectivity index (χ2n) is 6.77. The number of amides is 1. The van der Waals surface area contributed by atoms with Crippen LogP contribution in [0.3, 0.4) is 0 Å². The number of Topliss-reactive ketones (excluding diaryl/α,β-unsaturated/α-hetero) is 1. The van der Waals surface area contributed by atoms with Crippen molar-refractivity contribution in [1.82, 2.24) is 4.90 Å². The van der Waals surface area contributed by atoms with E-state index in [2.05, 4.69) is 20.9 Å². The summed E-state index contributed by atoms with van der Waals surface area (Å²) in [5, 5.41) is 0.154. The minimum absolute atomic E-state index is 0.0278. The van der Waals surface area contributed by atoms with E-state index in [1.807, 2.05) is 0 Å². The Morgan fingerprint density at radius 3 is 2.48 bits per heavy atom. The Kier molecular flexibility index (Phi) is 5.72. The third-order valence-electron chi connectivity index (χ3n) is 4.93. The number of carbonyl (C=O) groups excluding carboxylic acids is 2. The van der Waals surface area contributed by atoms with Gasteiger partial charge in [0.1, 0.15) is 5.82 Å². The Morgan fingerprint density at radius 2 is 1.81 bits per heavy atom. The molecular formula is C21H12BrCl2F2N3O2. The molecule has 2 aromatic rings. The second-order valence-corrected chi connectivity index (χ2v) is 8.50. The molecular weight excluding hydrogens is 515 g/mol. The van der Waals surface area contributed by atoms with Gasteiger partial charge in [0.2, 0.25) is 5.78 Å². The summed E-state index contributed by atoms with van der Waals surface area (Å²) in [4.78, 5) is 32.0. The van der Waals surface area contributed by atoms with Gasteiger partial charge in [-0.15, -0.1) is 0 Å². The summed E-state index contributed by atoms with van der Waals surface area (Å²) in [5.41, 5.74) is 4.46. The van der Waals surface area contributed by atoms with Crippen molar-refractivity contribution in [3.63, 3.8) is 0 Å². The zero-order valence-corrected chi connectivity index (χ0v) is 18.6. The summed E-state index contributed by atoms with van der Waals surface area (Å²) in [6.45, 7) is 0.132. The maximum atomic E-state index is 14.6. The van der Waals surface area contributed by atoms with Gasteiger partial charge in [0.05, 0.1) is 45.1 Å². The van der Waals surface area contributed by atoms with Crippen LogP contribution in [0.1, 0.15) is 20.7 Å². The van der Waals surface area contributed by atoms with Crippen molar-refractivity contribution in [3.05, 3.63) is 85.0 Å². The highest BCUT2D eigenvalue weighted by atomic mass is 79.9. The van der Waals surface area contributed by atoms with E-state index in [9.17, 15) is 18.4 Å². The van der Waals surface area contributed by atoms with E-state index >= 15 is 0 Å². The van der Waals surface area contributed by atoms with Crippen molar-refractivity contribution in [3.8, 4) is 0 Å². The average molecular weight is 527 g/mol. The molecule has 0 aromatic heterocycles. The first kappa shape index (κ1) is 21.7. The number of anilines is 1. The Morgan fingerprint density at radius 1 is 1.13 bits per heavy atom. The van der Waals surface area contributed by atoms with Crippen LogP contribution in [0, 0.1) is 11.6 Å². The fourth-order valence-electron chi connectivity index (χ4n) is 3.50. The monoisotopic (exact) mass is 525 g/mol. The third-order valence-corrected chi connectivity index (χ3v) is 5.99. The molecule has 2 aliphatic heterocycles. The minimum atomic E-state index is -1.20. The van der Waals surface area contributed by atoms with Gasteiger partial charge in [-0.3, -0.25) is 19.5 Å². The summed E-state index contributed by atoms with van der Waals surface area (Å²) in [6.07, 6.45) is 3.09. The van der Waals surface area contributed by atoms with Crippen LogP contribution in [0.4, 0.5) is 14.5 Å². The summed E-state index contributed by atoms with van der Waals surface area (Å²) < 4.78 is 29.6. The lowest BCUT2D eigenvalue weighted by molar-refractivity contribution is 0.0681. The Bertz CT molecular complexity index is 1220. The topological polar surface area (TPSA) is 75.8 Å². The molecule has 0 fully saturated rings.